The molecule has 0 fully saturated rings. The van der Waals surface area contributed by atoms with Crippen molar-refractivity contribution in [3.8, 4) is 0 Å². The maximum atomic E-state index is 12.4. The summed E-state index contributed by atoms with van der Waals surface area (Å²) in [6.45, 7) is 5.64. The molecule has 0 spiro atoms. The Morgan fingerprint density at radius 1 is 1.17 bits per heavy atom. The molecular weight excluding hydrogens is 226 g/mol. The standard InChI is InChI=1S/C15H23NO2/c1-15(2,3)14(18)12(16(4)5)13(17)11-9-7-6-8-10-11/h6-10,12-13,17H,1-5H3/t12-,13-/m0/s1. The first-order chi connectivity index (χ1) is 8.25. The van der Waals surface area contributed by atoms with Crippen molar-refractivity contribution in [3.05, 3.63) is 35.9 Å². The molecule has 0 saturated heterocycles. The molecule has 3 heteroatoms. The summed E-state index contributed by atoms with van der Waals surface area (Å²) in [5, 5.41) is 10.4. The molecular formula is C15H23NO2. The molecule has 3 nitrogen and oxygen atoms in total. The van der Waals surface area contributed by atoms with Crippen LogP contribution in [0.1, 0.15) is 32.4 Å². The van der Waals surface area contributed by atoms with Crippen molar-refractivity contribution < 1.29 is 9.90 Å². The number of aliphatic hydroxyl groups is 1. The fraction of sp³-hybridized carbons (Fsp3) is 0.533. The van der Waals surface area contributed by atoms with Crippen LogP contribution in [0.15, 0.2) is 30.3 Å². The molecule has 1 aromatic carbocycles. The van der Waals surface area contributed by atoms with Crippen LogP contribution < -0.4 is 0 Å². The summed E-state index contributed by atoms with van der Waals surface area (Å²) >= 11 is 0. The van der Waals surface area contributed by atoms with Crippen molar-refractivity contribution in [3.63, 3.8) is 0 Å². The number of rotatable bonds is 4. The van der Waals surface area contributed by atoms with E-state index in [1.807, 2.05) is 65.2 Å². The van der Waals surface area contributed by atoms with Crippen molar-refractivity contribution in [2.75, 3.05) is 14.1 Å². The van der Waals surface area contributed by atoms with Gasteiger partial charge < -0.3 is 5.11 Å². The topological polar surface area (TPSA) is 40.5 Å². The molecule has 100 valence electrons. The van der Waals surface area contributed by atoms with Crippen molar-refractivity contribution in [2.45, 2.75) is 32.9 Å². The van der Waals surface area contributed by atoms with Gasteiger partial charge in [-0.05, 0) is 19.7 Å². The van der Waals surface area contributed by atoms with Gasteiger partial charge in [-0.3, -0.25) is 9.69 Å². The second-order valence-corrected chi connectivity index (χ2v) is 5.88. The zero-order valence-electron chi connectivity index (χ0n) is 11.8. The summed E-state index contributed by atoms with van der Waals surface area (Å²) in [5.74, 6) is 0.0452. The number of hydrogen-bond donors (Lipinski definition) is 1. The maximum absolute atomic E-state index is 12.4. The lowest BCUT2D eigenvalue weighted by Gasteiger charge is -2.33. The Hall–Kier alpha value is -1.19. The number of benzene rings is 1. The fourth-order valence-electron chi connectivity index (χ4n) is 1.94. The molecule has 0 radical (unpaired) electrons. The Labute approximate surface area is 109 Å². The molecule has 1 rings (SSSR count). The van der Waals surface area contributed by atoms with Crippen LogP contribution in [0.2, 0.25) is 0 Å². The Morgan fingerprint density at radius 2 is 1.67 bits per heavy atom. The number of ketones is 1. The van der Waals surface area contributed by atoms with E-state index in [2.05, 4.69) is 0 Å². The Kier molecular flexibility index (Phi) is 4.65. The number of hydrogen-bond acceptors (Lipinski definition) is 3. The summed E-state index contributed by atoms with van der Waals surface area (Å²) in [5.41, 5.74) is 0.304. The molecule has 0 amide bonds. The normalized spacial score (nSPS) is 15.5. The monoisotopic (exact) mass is 249 g/mol. The number of Topliss-reactive ketones (excluding diaryl/α,β-unsaturated/α-hetero) is 1. The smallest absolute Gasteiger partial charge is 0.158 e. The van der Waals surface area contributed by atoms with E-state index in [1.54, 1.807) is 4.90 Å². The van der Waals surface area contributed by atoms with Crippen LogP contribution in [-0.4, -0.2) is 35.9 Å². The van der Waals surface area contributed by atoms with E-state index >= 15 is 0 Å². The third-order valence-corrected chi connectivity index (χ3v) is 3.00. The summed E-state index contributed by atoms with van der Waals surface area (Å²) in [6, 6.07) is 8.80. The van der Waals surface area contributed by atoms with Crippen LogP contribution in [0, 0.1) is 5.41 Å². The molecule has 2 atom stereocenters. The molecule has 0 heterocycles. The molecule has 0 aliphatic carbocycles. The number of aliphatic hydroxyl groups excluding tert-OH is 1. The fourth-order valence-corrected chi connectivity index (χ4v) is 1.94. The van der Waals surface area contributed by atoms with Crippen molar-refractivity contribution in [2.24, 2.45) is 5.41 Å². The van der Waals surface area contributed by atoms with Crippen LogP contribution in [-0.2, 0) is 4.79 Å². The largest absolute Gasteiger partial charge is 0.386 e. The average molecular weight is 249 g/mol. The van der Waals surface area contributed by atoms with Crippen LogP contribution in [0.5, 0.6) is 0 Å². The van der Waals surface area contributed by atoms with E-state index in [9.17, 15) is 9.90 Å². The van der Waals surface area contributed by atoms with Crippen molar-refractivity contribution in [1.29, 1.82) is 0 Å². The van der Waals surface area contributed by atoms with Gasteiger partial charge in [0.2, 0.25) is 0 Å². The summed E-state index contributed by atoms with van der Waals surface area (Å²) in [6.07, 6.45) is -0.798. The number of likely N-dealkylation sites (N-methyl/N-ethyl adjacent to an activating group) is 1. The second-order valence-electron chi connectivity index (χ2n) is 5.88. The molecule has 0 bridgehead atoms. The minimum Gasteiger partial charge on any atom is -0.386 e. The van der Waals surface area contributed by atoms with Gasteiger partial charge in [0.05, 0.1) is 6.04 Å². The molecule has 0 aliphatic rings. The van der Waals surface area contributed by atoms with E-state index in [0.717, 1.165) is 5.56 Å². The zero-order chi connectivity index (χ0) is 13.9. The van der Waals surface area contributed by atoms with Crippen molar-refractivity contribution >= 4 is 5.78 Å². The average Bonchev–Trinajstić information content (AvgIpc) is 2.28. The predicted octanol–water partition coefficient (Wildman–Crippen LogP) is 2.27. The molecule has 1 aromatic rings. The lowest BCUT2D eigenvalue weighted by Crippen LogP contribution is -2.46. The highest BCUT2D eigenvalue weighted by molar-refractivity contribution is 5.89. The maximum Gasteiger partial charge on any atom is 0.158 e. The number of carbonyl (C=O) groups excluding carboxylic acids is 1. The summed E-state index contributed by atoms with van der Waals surface area (Å²) < 4.78 is 0. The first-order valence-corrected chi connectivity index (χ1v) is 6.19. The second kappa shape index (κ2) is 5.63. The lowest BCUT2D eigenvalue weighted by molar-refractivity contribution is -0.135. The van der Waals surface area contributed by atoms with Gasteiger partial charge in [0, 0.05) is 5.41 Å². The molecule has 1 N–H and O–H groups in total. The van der Waals surface area contributed by atoms with E-state index < -0.39 is 17.6 Å². The minimum absolute atomic E-state index is 0.0452. The van der Waals surface area contributed by atoms with Gasteiger partial charge in [-0.15, -0.1) is 0 Å². The highest BCUT2D eigenvalue weighted by Gasteiger charge is 2.36. The SMILES string of the molecule is CN(C)[C@H](C(=O)C(C)(C)C)[C@@H](O)c1ccccc1. The van der Waals surface area contributed by atoms with Crippen molar-refractivity contribution in [1.82, 2.24) is 4.90 Å². The van der Waals surface area contributed by atoms with E-state index in [1.165, 1.54) is 0 Å². The predicted molar refractivity (Wildman–Crippen MR) is 73.3 cm³/mol. The van der Waals surface area contributed by atoms with E-state index in [0.29, 0.717) is 0 Å². The third-order valence-electron chi connectivity index (χ3n) is 3.00. The third kappa shape index (κ3) is 3.40. The summed E-state index contributed by atoms with van der Waals surface area (Å²) in [4.78, 5) is 14.2. The van der Waals surface area contributed by atoms with Gasteiger partial charge in [0.1, 0.15) is 6.10 Å². The number of nitrogens with zero attached hydrogens (tertiary/aromatic N) is 1. The van der Waals surface area contributed by atoms with E-state index in [4.69, 9.17) is 0 Å². The van der Waals surface area contributed by atoms with Gasteiger partial charge in [-0.1, -0.05) is 51.1 Å². The van der Waals surface area contributed by atoms with Crippen LogP contribution in [0.25, 0.3) is 0 Å². The molecule has 0 aliphatic heterocycles. The van der Waals surface area contributed by atoms with Crippen LogP contribution in [0.3, 0.4) is 0 Å². The first-order valence-electron chi connectivity index (χ1n) is 6.19. The minimum atomic E-state index is -0.798. The van der Waals surface area contributed by atoms with Gasteiger partial charge in [-0.2, -0.15) is 0 Å². The first kappa shape index (κ1) is 14.9. The summed E-state index contributed by atoms with van der Waals surface area (Å²) in [7, 11) is 3.64. The lowest BCUT2D eigenvalue weighted by atomic mass is 9.82. The highest BCUT2D eigenvalue weighted by Crippen LogP contribution is 2.27. The highest BCUT2D eigenvalue weighted by atomic mass is 16.3. The van der Waals surface area contributed by atoms with Gasteiger partial charge in [0.25, 0.3) is 0 Å². The molecule has 0 aromatic heterocycles. The Morgan fingerprint density at radius 3 is 2.06 bits per heavy atom. The molecule has 0 unspecified atom stereocenters. The van der Waals surface area contributed by atoms with Crippen LogP contribution >= 0.6 is 0 Å². The zero-order valence-corrected chi connectivity index (χ0v) is 11.8. The number of carbonyl (C=O) groups is 1. The quantitative estimate of drug-likeness (QED) is 0.890. The molecule has 18 heavy (non-hydrogen) atoms. The Balaban J connectivity index is 3.04. The Bertz CT molecular complexity index is 393. The van der Waals surface area contributed by atoms with E-state index in [-0.39, 0.29) is 5.78 Å². The van der Waals surface area contributed by atoms with Gasteiger partial charge in [-0.25, -0.2) is 0 Å². The van der Waals surface area contributed by atoms with Crippen LogP contribution in [0.4, 0.5) is 0 Å². The van der Waals surface area contributed by atoms with Gasteiger partial charge >= 0.3 is 0 Å². The van der Waals surface area contributed by atoms with Gasteiger partial charge in [0.15, 0.2) is 5.78 Å². The molecule has 0 saturated carbocycles.